The summed E-state index contributed by atoms with van der Waals surface area (Å²) in [6.45, 7) is 3.23. The van der Waals surface area contributed by atoms with Gasteiger partial charge in [0.1, 0.15) is 0 Å². The van der Waals surface area contributed by atoms with Crippen molar-refractivity contribution in [2.24, 2.45) is 0 Å². The molecule has 4 rings (SSSR count). The van der Waals surface area contributed by atoms with E-state index in [-0.39, 0.29) is 18.2 Å². The zero-order valence-corrected chi connectivity index (χ0v) is 16.9. The van der Waals surface area contributed by atoms with Gasteiger partial charge in [-0.2, -0.15) is 4.98 Å². The molecule has 0 atom stereocenters. The quantitative estimate of drug-likeness (QED) is 0.652. The van der Waals surface area contributed by atoms with Crippen molar-refractivity contribution in [3.8, 4) is 11.4 Å². The monoisotopic (exact) mass is 404 g/mol. The fourth-order valence-electron chi connectivity index (χ4n) is 3.40. The number of carbonyl (C=O) groups is 2. The Morgan fingerprint density at radius 3 is 2.60 bits per heavy atom. The lowest BCUT2D eigenvalue weighted by Gasteiger charge is -2.16. The summed E-state index contributed by atoms with van der Waals surface area (Å²) in [5.74, 6) is 1.06. The molecule has 2 amide bonds. The number of carbonyl (C=O) groups excluding carboxylic acids is 2. The molecule has 2 heterocycles. The first-order valence-corrected chi connectivity index (χ1v) is 10.1. The molecule has 154 valence electrons. The number of hydrogen-bond donors (Lipinski definition) is 1. The van der Waals surface area contributed by atoms with Crippen molar-refractivity contribution >= 4 is 17.5 Å². The first-order valence-electron chi connectivity index (χ1n) is 10.1. The van der Waals surface area contributed by atoms with Gasteiger partial charge in [-0.15, -0.1) is 0 Å². The highest BCUT2D eigenvalue weighted by molar-refractivity contribution is 5.95. The van der Waals surface area contributed by atoms with Crippen molar-refractivity contribution in [1.29, 1.82) is 0 Å². The molecule has 1 N–H and O–H groups in total. The van der Waals surface area contributed by atoms with Gasteiger partial charge >= 0.3 is 0 Å². The molecule has 1 fully saturated rings. The fourth-order valence-corrected chi connectivity index (χ4v) is 3.40. The second kappa shape index (κ2) is 8.90. The molecule has 1 aliphatic heterocycles. The number of hydrogen-bond acceptors (Lipinski definition) is 5. The van der Waals surface area contributed by atoms with Crippen LogP contribution in [0.25, 0.3) is 11.4 Å². The topological polar surface area (TPSA) is 88.3 Å². The Balaban J connectivity index is 1.24. The van der Waals surface area contributed by atoms with Crippen LogP contribution in [-0.4, -0.2) is 28.5 Å². The highest BCUT2D eigenvalue weighted by Gasteiger charge is 2.21. The Morgan fingerprint density at radius 2 is 1.90 bits per heavy atom. The zero-order valence-electron chi connectivity index (χ0n) is 16.9. The number of nitrogens with one attached hydrogen (secondary N) is 1. The molecule has 1 saturated heterocycles. The van der Waals surface area contributed by atoms with Crippen molar-refractivity contribution < 1.29 is 14.1 Å². The second-order valence-corrected chi connectivity index (χ2v) is 7.47. The van der Waals surface area contributed by atoms with Crippen LogP contribution in [0.3, 0.4) is 0 Å². The summed E-state index contributed by atoms with van der Waals surface area (Å²) in [7, 11) is 0. The van der Waals surface area contributed by atoms with E-state index < -0.39 is 0 Å². The minimum absolute atomic E-state index is 0.0797. The van der Waals surface area contributed by atoms with Crippen molar-refractivity contribution in [3.63, 3.8) is 0 Å². The average Bonchev–Trinajstić information content (AvgIpc) is 3.41. The summed E-state index contributed by atoms with van der Waals surface area (Å²) in [5, 5.41) is 6.89. The molecule has 1 aromatic heterocycles. The number of anilines is 1. The predicted molar refractivity (Wildman–Crippen MR) is 113 cm³/mol. The van der Waals surface area contributed by atoms with Gasteiger partial charge in [0.15, 0.2) is 0 Å². The van der Waals surface area contributed by atoms with Gasteiger partial charge in [0.2, 0.25) is 23.5 Å². The maximum absolute atomic E-state index is 12.2. The van der Waals surface area contributed by atoms with Gasteiger partial charge in [0, 0.05) is 43.6 Å². The largest absolute Gasteiger partial charge is 0.352 e. The summed E-state index contributed by atoms with van der Waals surface area (Å²) in [4.78, 5) is 30.1. The van der Waals surface area contributed by atoms with E-state index >= 15 is 0 Å². The first-order chi connectivity index (χ1) is 14.6. The van der Waals surface area contributed by atoms with Gasteiger partial charge in [-0.3, -0.25) is 9.59 Å². The van der Waals surface area contributed by atoms with Gasteiger partial charge in [-0.05, 0) is 31.0 Å². The lowest BCUT2D eigenvalue weighted by Crippen LogP contribution is -2.24. The van der Waals surface area contributed by atoms with Crippen LogP contribution in [0, 0.1) is 6.92 Å². The van der Waals surface area contributed by atoms with Crippen LogP contribution < -0.4 is 10.2 Å². The van der Waals surface area contributed by atoms with E-state index in [1.54, 1.807) is 4.90 Å². The fraction of sp³-hybridized carbons (Fsp3) is 0.304. The number of amides is 2. The van der Waals surface area contributed by atoms with Crippen LogP contribution in [0.5, 0.6) is 0 Å². The van der Waals surface area contributed by atoms with E-state index in [1.807, 2.05) is 55.5 Å². The van der Waals surface area contributed by atoms with Crippen LogP contribution in [0.2, 0.25) is 0 Å². The third-order valence-corrected chi connectivity index (χ3v) is 5.15. The molecule has 0 unspecified atom stereocenters. The van der Waals surface area contributed by atoms with Crippen molar-refractivity contribution in [2.45, 2.75) is 39.2 Å². The molecule has 7 nitrogen and oxygen atoms in total. The van der Waals surface area contributed by atoms with E-state index in [0.29, 0.717) is 31.1 Å². The molecular formula is C23H24N4O3. The van der Waals surface area contributed by atoms with Gasteiger partial charge < -0.3 is 14.7 Å². The SMILES string of the molecule is Cc1ccc(-c2noc(CCC(=O)NCc3ccc(N4CCCC4=O)cc3)n2)cc1. The molecule has 3 aromatic rings. The standard InChI is InChI=1S/C23H24N4O3/c1-16-4-8-18(9-5-16)23-25-21(30-26-23)13-12-20(28)24-15-17-6-10-19(11-7-17)27-14-2-3-22(27)29/h4-11H,2-3,12-15H2,1H3,(H,24,28). The van der Waals surface area contributed by atoms with E-state index in [2.05, 4.69) is 15.5 Å². The minimum Gasteiger partial charge on any atom is -0.352 e. The number of aromatic nitrogens is 2. The zero-order chi connectivity index (χ0) is 20.9. The lowest BCUT2D eigenvalue weighted by molar-refractivity contribution is -0.121. The Morgan fingerprint density at radius 1 is 1.13 bits per heavy atom. The summed E-state index contributed by atoms with van der Waals surface area (Å²) in [6.07, 6.45) is 2.18. The van der Waals surface area contributed by atoms with E-state index in [4.69, 9.17) is 4.52 Å². The number of nitrogens with zero attached hydrogens (tertiary/aromatic N) is 3. The summed E-state index contributed by atoms with van der Waals surface area (Å²) in [6, 6.07) is 15.6. The van der Waals surface area contributed by atoms with Gasteiger partial charge in [-0.25, -0.2) is 0 Å². The second-order valence-electron chi connectivity index (χ2n) is 7.47. The number of aryl methyl sites for hydroxylation is 2. The summed E-state index contributed by atoms with van der Waals surface area (Å²) >= 11 is 0. The van der Waals surface area contributed by atoms with Gasteiger partial charge in [0.25, 0.3) is 0 Å². The molecule has 0 bridgehead atoms. The maximum atomic E-state index is 12.2. The molecule has 0 saturated carbocycles. The molecule has 30 heavy (non-hydrogen) atoms. The Kier molecular flexibility index (Phi) is 5.88. The van der Waals surface area contributed by atoms with E-state index in [0.717, 1.165) is 29.8 Å². The predicted octanol–water partition coefficient (Wildman–Crippen LogP) is 3.42. The highest BCUT2D eigenvalue weighted by atomic mass is 16.5. The normalized spacial score (nSPS) is 13.6. The third-order valence-electron chi connectivity index (χ3n) is 5.15. The molecule has 1 aliphatic rings. The number of rotatable bonds is 7. The average molecular weight is 404 g/mol. The smallest absolute Gasteiger partial charge is 0.227 e. The lowest BCUT2D eigenvalue weighted by atomic mass is 10.1. The van der Waals surface area contributed by atoms with Gasteiger partial charge in [0.05, 0.1) is 0 Å². The molecule has 7 heteroatoms. The summed E-state index contributed by atoms with van der Waals surface area (Å²) < 4.78 is 5.26. The van der Waals surface area contributed by atoms with Crippen LogP contribution in [0.4, 0.5) is 5.69 Å². The maximum Gasteiger partial charge on any atom is 0.227 e. The molecule has 0 radical (unpaired) electrons. The Hall–Kier alpha value is -3.48. The number of benzene rings is 2. The van der Waals surface area contributed by atoms with E-state index in [9.17, 15) is 9.59 Å². The summed E-state index contributed by atoms with van der Waals surface area (Å²) in [5.41, 5.74) is 3.95. The first kappa shape index (κ1) is 19.8. The minimum atomic E-state index is -0.0797. The molecule has 2 aromatic carbocycles. The Labute approximate surface area is 175 Å². The van der Waals surface area contributed by atoms with Crippen LogP contribution in [0.1, 0.15) is 36.3 Å². The van der Waals surface area contributed by atoms with E-state index in [1.165, 1.54) is 5.56 Å². The Bertz CT molecular complexity index is 1030. The van der Waals surface area contributed by atoms with Crippen LogP contribution >= 0.6 is 0 Å². The highest BCUT2D eigenvalue weighted by Crippen LogP contribution is 2.21. The van der Waals surface area contributed by atoms with Crippen molar-refractivity contribution in [2.75, 3.05) is 11.4 Å². The van der Waals surface area contributed by atoms with Crippen LogP contribution in [-0.2, 0) is 22.6 Å². The third kappa shape index (κ3) is 4.74. The van der Waals surface area contributed by atoms with Crippen molar-refractivity contribution in [1.82, 2.24) is 15.5 Å². The molecule has 0 spiro atoms. The molecular weight excluding hydrogens is 380 g/mol. The molecule has 0 aliphatic carbocycles. The van der Waals surface area contributed by atoms with Crippen molar-refractivity contribution in [3.05, 3.63) is 65.5 Å². The van der Waals surface area contributed by atoms with Gasteiger partial charge in [-0.1, -0.05) is 47.1 Å². The van der Waals surface area contributed by atoms with Crippen LogP contribution in [0.15, 0.2) is 53.1 Å².